The normalized spacial score (nSPS) is 14.4. The van der Waals surface area contributed by atoms with Gasteiger partial charge in [0.25, 0.3) is 11.8 Å². The molecule has 0 radical (unpaired) electrons. The summed E-state index contributed by atoms with van der Waals surface area (Å²) in [4.78, 5) is 29.5. The average Bonchev–Trinajstić information content (AvgIpc) is 3.45. The lowest BCUT2D eigenvalue weighted by Gasteiger charge is -2.25. The Labute approximate surface area is 233 Å². The standard InChI is InChI=1S/C30H36N4O4S/c1-19-10-12-22(13-11-19)15-31-33-29(38)27-25-8-5-9-26(25)39-30(27)32-28(37)24-7-4-6-23(14-24)18-34(16-20(2)35)17-21(3)36/h4,6-7,10-15,20-21,35-36H,5,8-9,16-18H2,1-3H3,(H,32,37)(H,33,38). The van der Waals surface area contributed by atoms with E-state index in [2.05, 4.69) is 15.8 Å². The van der Waals surface area contributed by atoms with Crippen molar-refractivity contribution >= 4 is 34.4 Å². The summed E-state index contributed by atoms with van der Waals surface area (Å²) in [5, 5.41) is 27.3. The first-order chi connectivity index (χ1) is 18.7. The highest BCUT2D eigenvalue weighted by Crippen LogP contribution is 2.39. The van der Waals surface area contributed by atoms with Crippen LogP contribution in [0.25, 0.3) is 0 Å². The number of benzene rings is 2. The maximum atomic E-state index is 13.3. The van der Waals surface area contributed by atoms with Crippen molar-refractivity contribution in [1.29, 1.82) is 0 Å². The Hall–Kier alpha value is -3.37. The molecule has 2 atom stereocenters. The van der Waals surface area contributed by atoms with Crippen LogP contribution in [0, 0.1) is 6.92 Å². The molecule has 0 fully saturated rings. The van der Waals surface area contributed by atoms with Crippen LogP contribution in [-0.2, 0) is 19.4 Å². The second kappa shape index (κ2) is 13.1. The van der Waals surface area contributed by atoms with Crippen LogP contribution in [0.1, 0.15) is 68.1 Å². The van der Waals surface area contributed by atoms with E-state index in [0.29, 0.717) is 35.8 Å². The lowest BCUT2D eigenvalue weighted by Crippen LogP contribution is -2.35. The highest BCUT2D eigenvalue weighted by atomic mass is 32.1. The number of hydrazone groups is 1. The minimum atomic E-state index is -0.540. The minimum Gasteiger partial charge on any atom is -0.392 e. The van der Waals surface area contributed by atoms with Gasteiger partial charge in [0, 0.05) is 30.1 Å². The molecular formula is C30H36N4O4S. The van der Waals surface area contributed by atoms with Gasteiger partial charge in [-0.3, -0.25) is 14.5 Å². The Morgan fingerprint density at radius 3 is 2.46 bits per heavy atom. The molecule has 8 nitrogen and oxygen atoms in total. The summed E-state index contributed by atoms with van der Waals surface area (Å²) in [7, 11) is 0. The van der Waals surface area contributed by atoms with E-state index in [1.807, 2.05) is 48.2 Å². The van der Waals surface area contributed by atoms with E-state index in [-0.39, 0.29) is 11.8 Å². The lowest BCUT2D eigenvalue weighted by atomic mass is 10.1. The van der Waals surface area contributed by atoms with Gasteiger partial charge < -0.3 is 15.5 Å². The van der Waals surface area contributed by atoms with Crippen molar-refractivity contribution in [2.24, 2.45) is 5.10 Å². The summed E-state index contributed by atoms with van der Waals surface area (Å²) in [6.45, 7) is 6.73. The van der Waals surface area contributed by atoms with Crippen molar-refractivity contribution in [3.63, 3.8) is 0 Å². The van der Waals surface area contributed by atoms with Crippen LogP contribution in [0.3, 0.4) is 0 Å². The molecule has 1 aliphatic rings. The van der Waals surface area contributed by atoms with Crippen LogP contribution in [0.15, 0.2) is 53.6 Å². The van der Waals surface area contributed by atoms with E-state index >= 15 is 0 Å². The van der Waals surface area contributed by atoms with E-state index in [1.54, 1.807) is 32.2 Å². The van der Waals surface area contributed by atoms with Crippen LogP contribution < -0.4 is 10.7 Å². The third-order valence-corrected chi connectivity index (χ3v) is 7.68. The van der Waals surface area contributed by atoms with Gasteiger partial charge in [-0.1, -0.05) is 42.0 Å². The van der Waals surface area contributed by atoms with Crippen molar-refractivity contribution in [2.45, 2.75) is 58.8 Å². The monoisotopic (exact) mass is 548 g/mol. The van der Waals surface area contributed by atoms with Gasteiger partial charge in [-0.25, -0.2) is 5.43 Å². The molecule has 4 rings (SSSR count). The first-order valence-corrected chi connectivity index (χ1v) is 14.0. The van der Waals surface area contributed by atoms with E-state index in [4.69, 9.17) is 0 Å². The van der Waals surface area contributed by atoms with Gasteiger partial charge in [0.1, 0.15) is 5.00 Å². The topological polar surface area (TPSA) is 114 Å². The zero-order valence-electron chi connectivity index (χ0n) is 22.6. The molecule has 0 bridgehead atoms. The number of carbonyl (C=O) groups excluding carboxylic acids is 2. The summed E-state index contributed by atoms with van der Waals surface area (Å²) in [5.74, 6) is -0.639. The number of thiophene rings is 1. The van der Waals surface area contributed by atoms with E-state index in [1.165, 1.54) is 11.3 Å². The summed E-state index contributed by atoms with van der Waals surface area (Å²) in [6, 6.07) is 15.1. The molecule has 0 saturated heterocycles. The number of aliphatic hydroxyl groups excluding tert-OH is 2. The zero-order valence-corrected chi connectivity index (χ0v) is 23.4. The van der Waals surface area contributed by atoms with E-state index < -0.39 is 12.2 Å². The number of aryl methyl sites for hydroxylation is 2. The summed E-state index contributed by atoms with van der Waals surface area (Å²) < 4.78 is 0. The van der Waals surface area contributed by atoms with Gasteiger partial charge >= 0.3 is 0 Å². The molecule has 1 heterocycles. The first-order valence-electron chi connectivity index (χ1n) is 13.2. The Morgan fingerprint density at radius 2 is 1.77 bits per heavy atom. The quantitative estimate of drug-likeness (QED) is 0.213. The fourth-order valence-electron chi connectivity index (χ4n) is 4.80. The van der Waals surface area contributed by atoms with Gasteiger partial charge in [0.05, 0.1) is 24.0 Å². The number of nitrogens with one attached hydrogen (secondary N) is 2. The Balaban J connectivity index is 1.48. The highest BCUT2D eigenvalue weighted by Gasteiger charge is 2.27. The second-order valence-corrected chi connectivity index (χ2v) is 11.3. The van der Waals surface area contributed by atoms with Crippen LogP contribution >= 0.6 is 11.3 Å². The number of rotatable bonds is 11. The predicted molar refractivity (Wildman–Crippen MR) is 156 cm³/mol. The van der Waals surface area contributed by atoms with Gasteiger partial charge in [-0.15, -0.1) is 11.3 Å². The summed E-state index contributed by atoms with van der Waals surface area (Å²) in [5.41, 5.74) is 7.49. The molecular weight excluding hydrogens is 512 g/mol. The molecule has 1 aliphatic carbocycles. The summed E-state index contributed by atoms with van der Waals surface area (Å²) >= 11 is 1.45. The smallest absolute Gasteiger partial charge is 0.274 e. The largest absolute Gasteiger partial charge is 0.392 e. The number of aliphatic hydroxyl groups is 2. The van der Waals surface area contributed by atoms with Gasteiger partial charge in [-0.2, -0.15) is 5.10 Å². The molecule has 4 N–H and O–H groups in total. The molecule has 9 heteroatoms. The molecule has 1 aromatic heterocycles. The van der Waals surface area contributed by atoms with Crippen molar-refractivity contribution in [2.75, 3.05) is 18.4 Å². The zero-order chi connectivity index (χ0) is 27.9. The van der Waals surface area contributed by atoms with Crippen LogP contribution in [-0.4, -0.2) is 58.4 Å². The van der Waals surface area contributed by atoms with Gasteiger partial charge in [0.15, 0.2) is 0 Å². The lowest BCUT2D eigenvalue weighted by molar-refractivity contribution is 0.0793. The third-order valence-electron chi connectivity index (χ3n) is 6.47. The third kappa shape index (κ3) is 7.83. The van der Waals surface area contributed by atoms with Crippen LogP contribution in [0.4, 0.5) is 5.00 Å². The summed E-state index contributed by atoms with van der Waals surface area (Å²) in [6.07, 6.45) is 3.19. The fourth-order valence-corrected chi connectivity index (χ4v) is 6.08. The number of fused-ring (bicyclic) bond motifs is 1. The number of hydrogen-bond donors (Lipinski definition) is 4. The number of carbonyl (C=O) groups is 2. The maximum absolute atomic E-state index is 13.3. The molecule has 39 heavy (non-hydrogen) atoms. The van der Waals surface area contributed by atoms with Gasteiger partial charge in [-0.05, 0) is 68.9 Å². The predicted octanol–water partition coefficient (Wildman–Crippen LogP) is 4.13. The number of hydrogen-bond acceptors (Lipinski definition) is 7. The van der Waals surface area contributed by atoms with Crippen molar-refractivity contribution in [3.05, 3.63) is 86.8 Å². The Kier molecular flexibility index (Phi) is 9.63. The van der Waals surface area contributed by atoms with Crippen molar-refractivity contribution < 1.29 is 19.8 Å². The van der Waals surface area contributed by atoms with Crippen LogP contribution in [0.5, 0.6) is 0 Å². The first kappa shape index (κ1) is 28.6. The SMILES string of the molecule is Cc1ccc(C=NNC(=O)c2c(NC(=O)c3cccc(CN(CC(C)O)CC(C)O)c3)sc3c2CCC3)cc1. The average molecular weight is 549 g/mol. The van der Waals surface area contributed by atoms with Crippen LogP contribution in [0.2, 0.25) is 0 Å². The van der Waals surface area contributed by atoms with Crippen molar-refractivity contribution in [3.8, 4) is 0 Å². The Bertz CT molecular complexity index is 1320. The minimum absolute atomic E-state index is 0.299. The number of anilines is 1. The molecule has 206 valence electrons. The highest BCUT2D eigenvalue weighted by molar-refractivity contribution is 7.17. The molecule has 0 saturated carbocycles. The second-order valence-electron chi connectivity index (χ2n) is 10.2. The number of nitrogens with zero attached hydrogens (tertiary/aromatic N) is 2. The Morgan fingerprint density at radius 1 is 1.05 bits per heavy atom. The molecule has 2 unspecified atom stereocenters. The number of amides is 2. The maximum Gasteiger partial charge on any atom is 0.274 e. The molecule has 2 amide bonds. The van der Waals surface area contributed by atoms with E-state index in [0.717, 1.165) is 46.4 Å². The molecule has 2 aromatic carbocycles. The van der Waals surface area contributed by atoms with Crippen molar-refractivity contribution in [1.82, 2.24) is 10.3 Å². The molecule has 0 spiro atoms. The fraction of sp³-hybridized carbons (Fsp3) is 0.367. The molecule has 0 aliphatic heterocycles. The van der Waals surface area contributed by atoms with E-state index in [9.17, 15) is 19.8 Å². The molecule has 3 aromatic rings. The van der Waals surface area contributed by atoms with Gasteiger partial charge in [0.2, 0.25) is 0 Å².